The summed E-state index contributed by atoms with van der Waals surface area (Å²) in [5.74, 6) is 0. The molecule has 0 bridgehead atoms. The Labute approximate surface area is 77.4 Å². The van der Waals surface area contributed by atoms with E-state index in [-0.39, 0.29) is 0 Å². The van der Waals surface area contributed by atoms with E-state index in [1.807, 2.05) is 24.3 Å². The van der Waals surface area contributed by atoms with Gasteiger partial charge in [0.05, 0.1) is 0 Å². The summed E-state index contributed by atoms with van der Waals surface area (Å²) >= 11 is 0. The molecule has 0 radical (unpaired) electrons. The number of hydrogen-bond acceptors (Lipinski definition) is 1. The molecule has 1 heterocycles. The monoisotopic (exact) mass is 177 g/mol. The van der Waals surface area contributed by atoms with Crippen LogP contribution in [-0.4, -0.2) is 18.2 Å². The molecule has 0 N–H and O–H groups in total. The van der Waals surface area contributed by atoms with Gasteiger partial charge in [-0.15, -0.1) is 9.60 Å². The Morgan fingerprint density at radius 3 is 2.54 bits per heavy atom. The molecule has 1 aromatic carbocycles. The molecule has 13 heavy (non-hydrogen) atoms. The first kappa shape index (κ1) is 8.45. The van der Waals surface area contributed by atoms with Gasteiger partial charge in [0.1, 0.15) is 0 Å². The average molecular weight is 177 g/mol. The van der Waals surface area contributed by atoms with Crippen LogP contribution in [0.15, 0.2) is 36.4 Å². The molecule has 68 valence electrons. The van der Waals surface area contributed by atoms with E-state index >= 15 is 0 Å². The highest BCUT2D eigenvalue weighted by Gasteiger charge is 2.10. The standard InChI is InChI=1S/C11H12FN/c12-13-8-6-11(7-9-13)10-4-2-1-3-5-10/h1-6H,7-9H2. The lowest BCUT2D eigenvalue weighted by atomic mass is 10.0. The van der Waals surface area contributed by atoms with Gasteiger partial charge in [0.2, 0.25) is 0 Å². The molecule has 1 aromatic rings. The maximum absolute atomic E-state index is 12.7. The molecule has 2 heteroatoms. The molecule has 0 saturated heterocycles. The van der Waals surface area contributed by atoms with Crippen molar-refractivity contribution in [3.8, 4) is 0 Å². The van der Waals surface area contributed by atoms with Crippen LogP contribution < -0.4 is 0 Å². The average Bonchev–Trinajstić information content (AvgIpc) is 2.20. The Morgan fingerprint density at radius 1 is 1.15 bits per heavy atom. The van der Waals surface area contributed by atoms with E-state index in [1.54, 1.807) is 0 Å². The fourth-order valence-corrected chi connectivity index (χ4v) is 1.56. The molecule has 0 spiro atoms. The topological polar surface area (TPSA) is 3.24 Å². The first-order valence-electron chi connectivity index (χ1n) is 4.51. The van der Waals surface area contributed by atoms with Gasteiger partial charge in [-0.25, -0.2) is 0 Å². The van der Waals surface area contributed by atoms with Crippen LogP contribution in [-0.2, 0) is 0 Å². The minimum absolute atomic E-state index is 0.421. The third-order valence-corrected chi connectivity index (χ3v) is 2.30. The van der Waals surface area contributed by atoms with Gasteiger partial charge in [0.15, 0.2) is 0 Å². The predicted octanol–water partition coefficient (Wildman–Crippen LogP) is 2.66. The van der Waals surface area contributed by atoms with Gasteiger partial charge in [-0.1, -0.05) is 36.4 Å². The Balaban J connectivity index is 2.19. The van der Waals surface area contributed by atoms with Crippen LogP contribution in [0.1, 0.15) is 12.0 Å². The smallest absolute Gasteiger partial charge is 0.0477 e. The Morgan fingerprint density at radius 2 is 1.92 bits per heavy atom. The number of benzene rings is 1. The minimum Gasteiger partial charge on any atom is -0.142 e. The van der Waals surface area contributed by atoms with E-state index in [4.69, 9.17) is 0 Å². The van der Waals surface area contributed by atoms with E-state index in [1.165, 1.54) is 11.1 Å². The highest BCUT2D eigenvalue weighted by atomic mass is 19.2. The van der Waals surface area contributed by atoms with Crippen molar-refractivity contribution in [1.29, 1.82) is 0 Å². The number of halogens is 1. The SMILES string of the molecule is FN1CC=C(c2ccccc2)CC1. The van der Waals surface area contributed by atoms with Crippen molar-refractivity contribution in [2.75, 3.05) is 13.1 Å². The van der Waals surface area contributed by atoms with Gasteiger partial charge in [0.25, 0.3) is 0 Å². The summed E-state index contributed by atoms with van der Waals surface area (Å²) in [6.07, 6.45) is 2.76. The van der Waals surface area contributed by atoms with Crippen molar-refractivity contribution < 1.29 is 4.48 Å². The summed E-state index contributed by atoms with van der Waals surface area (Å²) in [7, 11) is 0. The molecule has 0 fully saturated rings. The van der Waals surface area contributed by atoms with Crippen molar-refractivity contribution in [2.45, 2.75) is 6.42 Å². The predicted molar refractivity (Wildman–Crippen MR) is 51.7 cm³/mol. The Hall–Kier alpha value is -1.15. The van der Waals surface area contributed by atoms with Crippen LogP contribution in [0, 0.1) is 0 Å². The fraction of sp³-hybridized carbons (Fsp3) is 0.273. The summed E-state index contributed by atoms with van der Waals surface area (Å²) in [6.45, 7) is 0.935. The second-order valence-corrected chi connectivity index (χ2v) is 3.21. The lowest BCUT2D eigenvalue weighted by molar-refractivity contribution is 0.0393. The van der Waals surface area contributed by atoms with Gasteiger partial charge in [-0.3, -0.25) is 0 Å². The van der Waals surface area contributed by atoms with Crippen molar-refractivity contribution in [3.63, 3.8) is 0 Å². The summed E-state index contributed by atoms with van der Waals surface area (Å²) < 4.78 is 12.7. The second kappa shape index (κ2) is 3.71. The van der Waals surface area contributed by atoms with E-state index < -0.39 is 0 Å². The van der Waals surface area contributed by atoms with Crippen molar-refractivity contribution in [2.24, 2.45) is 0 Å². The van der Waals surface area contributed by atoms with Crippen molar-refractivity contribution in [3.05, 3.63) is 42.0 Å². The molecule has 0 amide bonds. The zero-order valence-corrected chi connectivity index (χ0v) is 7.41. The van der Waals surface area contributed by atoms with Crippen LogP contribution in [0.4, 0.5) is 4.48 Å². The van der Waals surface area contributed by atoms with Gasteiger partial charge < -0.3 is 0 Å². The Bertz CT molecular complexity index is 305. The first-order chi connectivity index (χ1) is 6.36. The van der Waals surface area contributed by atoms with Gasteiger partial charge >= 0.3 is 0 Å². The maximum Gasteiger partial charge on any atom is 0.0477 e. The van der Waals surface area contributed by atoms with E-state index in [2.05, 4.69) is 12.1 Å². The molecule has 1 aliphatic heterocycles. The van der Waals surface area contributed by atoms with Crippen molar-refractivity contribution >= 4 is 5.57 Å². The van der Waals surface area contributed by atoms with E-state index in [9.17, 15) is 4.48 Å². The normalized spacial score (nSPS) is 18.4. The molecule has 0 atom stereocenters. The summed E-state index contributed by atoms with van der Waals surface area (Å²) in [5.41, 5.74) is 2.48. The molecule has 0 saturated carbocycles. The third kappa shape index (κ3) is 1.95. The Kier molecular flexibility index (Phi) is 2.41. The number of rotatable bonds is 1. The molecular formula is C11H12FN. The highest BCUT2D eigenvalue weighted by molar-refractivity contribution is 5.66. The molecule has 0 unspecified atom stereocenters. The molecule has 0 aromatic heterocycles. The molecule has 1 aliphatic rings. The van der Waals surface area contributed by atoms with Gasteiger partial charge in [0, 0.05) is 13.1 Å². The summed E-state index contributed by atoms with van der Waals surface area (Å²) in [5, 5.41) is 0.840. The van der Waals surface area contributed by atoms with Crippen LogP contribution in [0.3, 0.4) is 0 Å². The van der Waals surface area contributed by atoms with E-state index in [0.29, 0.717) is 13.1 Å². The quantitative estimate of drug-likeness (QED) is 0.596. The zero-order valence-electron chi connectivity index (χ0n) is 7.41. The van der Waals surface area contributed by atoms with E-state index in [0.717, 1.165) is 11.5 Å². The minimum atomic E-state index is 0.421. The fourth-order valence-electron chi connectivity index (χ4n) is 1.56. The lowest BCUT2D eigenvalue weighted by Gasteiger charge is -2.18. The lowest BCUT2D eigenvalue weighted by Crippen LogP contribution is -2.19. The van der Waals surface area contributed by atoms with Crippen LogP contribution >= 0.6 is 0 Å². The maximum atomic E-state index is 12.7. The number of nitrogens with zero attached hydrogens (tertiary/aromatic N) is 1. The van der Waals surface area contributed by atoms with Gasteiger partial charge in [-0.05, 0) is 17.6 Å². The molecular weight excluding hydrogens is 165 g/mol. The van der Waals surface area contributed by atoms with Gasteiger partial charge in [-0.2, -0.15) is 0 Å². The largest absolute Gasteiger partial charge is 0.142 e. The molecule has 1 nitrogen and oxygen atoms in total. The number of hydrogen-bond donors (Lipinski definition) is 0. The third-order valence-electron chi connectivity index (χ3n) is 2.30. The van der Waals surface area contributed by atoms with Crippen LogP contribution in [0.5, 0.6) is 0 Å². The zero-order chi connectivity index (χ0) is 9.10. The summed E-state index contributed by atoms with van der Waals surface area (Å²) in [4.78, 5) is 0. The van der Waals surface area contributed by atoms with Crippen LogP contribution in [0.2, 0.25) is 0 Å². The van der Waals surface area contributed by atoms with Crippen LogP contribution in [0.25, 0.3) is 5.57 Å². The first-order valence-corrected chi connectivity index (χ1v) is 4.51. The molecule has 2 rings (SSSR count). The highest BCUT2D eigenvalue weighted by Crippen LogP contribution is 2.21. The molecule has 0 aliphatic carbocycles. The second-order valence-electron chi connectivity index (χ2n) is 3.21. The van der Waals surface area contributed by atoms with Crippen molar-refractivity contribution in [1.82, 2.24) is 5.12 Å². The summed E-state index contributed by atoms with van der Waals surface area (Å²) in [6, 6.07) is 10.2.